The van der Waals surface area contributed by atoms with E-state index in [1.807, 2.05) is 4.90 Å². The summed E-state index contributed by atoms with van der Waals surface area (Å²) in [6, 6.07) is 6.70. The molecule has 2 heterocycles. The van der Waals surface area contributed by atoms with Crippen molar-refractivity contribution in [1.82, 2.24) is 15.4 Å². The number of rotatable bonds is 10. The molecule has 1 fully saturated rings. The van der Waals surface area contributed by atoms with Crippen LogP contribution in [-0.4, -0.2) is 59.4 Å². The highest BCUT2D eigenvalue weighted by Gasteiger charge is 2.41. The van der Waals surface area contributed by atoms with Gasteiger partial charge in [-0.3, -0.25) is 15.0 Å². The van der Waals surface area contributed by atoms with Gasteiger partial charge in [0.1, 0.15) is 11.6 Å². The zero-order valence-corrected chi connectivity index (χ0v) is 21.3. The normalized spacial score (nSPS) is 16.2. The molecule has 0 bridgehead atoms. The third kappa shape index (κ3) is 6.23. The van der Waals surface area contributed by atoms with Gasteiger partial charge in [-0.1, -0.05) is 0 Å². The Bertz CT molecular complexity index is 1310. The lowest BCUT2D eigenvalue weighted by Crippen LogP contribution is -2.49. The van der Waals surface area contributed by atoms with Gasteiger partial charge in [-0.25, -0.2) is 23.0 Å². The second-order valence-electron chi connectivity index (χ2n) is 9.70. The lowest BCUT2D eigenvalue weighted by molar-refractivity contribution is -0.143. The number of benzene rings is 2. The number of anilines is 1. The Morgan fingerprint density at radius 1 is 1.13 bits per heavy atom. The monoisotopic (exact) mass is 550 g/mol. The number of amides is 1. The SMILES string of the molecule is COc1ccc2ncc(F)c(C(O)CCC3(C(=O)NO)CCN(CCNc4cc(F)c(F)c(F)c4)CC3)c2c1. The fraction of sp³-hybridized carbons (Fsp3) is 0.407. The number of ether oxygens (including phenoxy) is 1. The molecule has 1 aliphatic heterocycles. The first-order valence-electron chi connectivity index (χ1n) is 12.5. The van der Waals surface area contributed by atoms with Crippen LogP contribution in [0.3, 0.4) is 0 Å². The number of piperidine rings is 1. The van der Waals surface area contributed by atoms with Crippen molar-refractivity contribution in [2.24, 2.45) is 5.41 Å². The molecule has 210 valence electrons. The van der Waals surface area contributed by atoms with Gasteiger partial charge in [0.2, 0.25) is 5.91 Å². The molecule has 1 saturated heterocycles. The summed E-state index contributed by atoms with van der Waals surface area (Å²) in [5, 5.41) is 23.7. The number of pyridine rings is 1. The molecule has 39 heavy (non-hydrogen) atoms. The zero-order chi connectivity index (χ0) is 28.2. The first-order chi connectivity index (χ1) is 18.7. The Balaban J connectivity index is 1.39. The van der Waals surface area contributed by atoms with Crippen LogP contribution in [0.4, 0.5) is 23.2 Å². The van der Waals surface area contributed by atoms with Crippen molar-refractivity contribution in [2.75, 3.05) is 38.6 Å². The van der Waals surface area contributed by atoms with Gasteiger partial charge < -0.3 is 20.1 Å². The number of carbonyl (C=O) groups is 1. The van der Waals surface area contributed by atoms with Gasteiger partial charge in [-0.15, -0.1) is 0 Å². The number of aliphatic hydroxyl groups is 1. The number of methoxy groups -OCH3 is 1. The highest BCUT2D eigenvalue weighted by Crippen LogP contribution is 2.40. The average Bonchev–Trinajstić information content (AvgIpc) is 2.94. The van der Waals surface area contributed by atoms with Crippen LogP contribution in [0.2, 0.25) is 0 Å². The van der Waals surface area contributed by atoms with E-state index < -0.39 is 40.7 Å². The Labute approximate surface area is 222 Å². The van der Waals surface area contributed by atoms with E-state index in [1.54, 1.807) is 23.7 Å². The summed E-state index contributed by atoms with van der Waals surface area (Å²) in [5.41, 5.74) is 1.41. The van der Waals surface area contributed by atoms with E-state index in [1.165, 1.54) is 7.11 Å². The number of aliphatic hydroxyl groups excluding tert-OH is 1. The van der Waals surface area contributed by atoms with E-state index in [-0.39, 0.29) is 24.1 Å². The number of halogens is 4. The van der Waals surface area contributed by atoms with Gasteiger partial charge in [-0.05, 0) is 57.0 Å². The fourth-order valence-electron chi connectivity index (χ4n) is 5.12. The summed E-state index contributed by atoms with van der Waals surface area (Å²) in [6.07, 6.45) is 0.783. The highest BCUT2D eigenvalue weighted by atomic mass is 19.2. The molecule has 1 amide bonds. The van der Waals surface area contributed by atoms with E-state index in [0.29, 0.717) is 55.7 Å². The molecule has 1 aliphatic rings. The van der Waals surface area contributed by atoms with Crippen LogP contribution >= 0.6 is 0 Å². The molecule has 1 unspecified atom stereocenters. The van der Waals surface area contributed by atoms with Gasteiger partial charge in [0.15, 0.2) is 17.5 Å². The van der Waals surface area contributed by atoms with Crippen LogP contribution in [-0.2, 0) is 4.79 Å². The number of hydrogen-bond acceptors (Lipinski definition) is 7. The fourth-order valence-corrected chi connectivity index (χ4v) is 5.12. The molecule has 12 heteroatoms. The Morgan fingerprint density at radius 2 is 1.82 bits per heavy atom. The Hall–Kier alpha value is -3.48. The summed E-state index contributed by atoms with van der Waals surface area (Å²) in [7, 11) is 1.48. The van der Waals surface area contributed by atoms with Crippen LogP contribution in [0.25, 0.3) is 10.9 Å². The van der Waals surface area contributed by atoms with Crippen molar-refractivity contribution in [2.45, 2.75) is 31.8 Å². The molecule has 8 nitrogen and oxygen atoms in total. The van der Waals surface area contributed by atoms with Gasteiger partial charge in [0, 0.05) is 41.9 Å². The van der Waals surface area contributed by atoms with E-state index in [9.17, 15) is 32.7 Å². The number of aromatic nitrogens is 1. The first kappa shape index (κ1) is 28.5. The minimum absolute atomic E-state index is 0.0594. The number of hydroxylamine groups is 1. The van der Waals surface area contributed by atoms with Crippen LogP contribution in [0.15, 0.2) is 36.5 Å². The molecule has 2 aromatic carbocycles. The smallest absolute Gasteiger partial charge is 0.249 e. The van der Waals surface area contributed by atoms with Gasteiger partial charge in [0.25, 0.3) is 0 Å². The predicted molar refractivity (Wildman–Crippen MR) is 135 cm³/mol. The molecular formula is C27H30F4N4O4. The molecule has 4 N–H and O–H groups in total. The maximum atomic E-state index is 14.8. The number of fused-ring (bicyclic) bond motifs is 1. The standard InChI is InChI=1S/C27H30F4N4O4/c1-39-17-2-3-22-18(14-17)24(21(30)15-33-22)23(36)4-5-27(26(37)34-38)6-9-35(10-7-27)11-8-32-16-12-19(28)25(31)20(29)13-16/h2-3,12-15,23,32,36,38H,4-11H2,1H3,(H,34,37). The maximum absolute atomic E-state index is 14.8. The van der Waals surface area contributed by atoms with Crippen molar-refractivity contribution in [1.29, 1.82) is 0 Å². The molecule has 0 spiro atoms. The van der Waals surface area contributed by atoms with Crippen molar-refractivity contribution in [3.63, 3.8) is 0 Å². The highest BCUT2D eigenvalue weighted by molar-refractivity contribution is 5.84. The van der Waals surface area contributed by atoms with E-state index in [4.69, 9.17) is 4.74 Å². The predicted octanol–water partition coefficient (Wildman–Crippen LogP) is 4.31. The molecule has 1 atom stereocenters. The summed E-state index contributed by atoms with van der Waals surface area (Å²) < 4.78 is 60.0. The molecule has 4 rings (SSSR count). The van der Waals surface area contributed by atoms with Crippen molar-refractivity contribution in [3.8, 4) is 5.75 Å². The topological polar surface area (TPSA) is 107 Å². The molecule has 0 aliphatic carbocycles. The second-order valence-corrected chi connectivity index (χ2v) is 9.70. The molecule has 0 saturated carbocycles. The second kappa shape index (κ2) is 12.1. The lowest BCUT2D eigenvalue weighted by Gasteiger charge is -2.40. The van der Waals surface area contributed by atoms with Crippen LogP contribution in [0.1, 0.15) is 37.4 Å². The van der Waals surface area contributed by atoms with Crippen LogP contribution in [0, 0.1) is 28.7 Å². The first-order valence-corrected chi connectivity index (χ1v) is 12.5. The van der Waals surface area contributed by atoms with Crippen LogP contribution < -0.4 is 15.5 Å². The maximum Gasteiger partial charge on any atom is 0.249 e. The van der Waals surface area contributed by atoms with Crippen molar-refractivity contribution >= 4 is 22.5 Å². The van der Waals surface area contributed by atoms with E-state index in [0.717, 1.165) is 18.3 Å². The van der Waals surface area contributed by atoms with Crippen molar-refractivity contribution < 1.29 is 37.4 Å². The summed E-state index contributed by atoms with van der Waals surface area (Å²) in [6.45, 7) is 1.75. The Kier molecular flexibility index (Phi) is 8.88. The molecular weight excluding hydrogens is 520 g/mol. The number of hydrogen-bond donors (Lipinski definition) is 4. The summed E-state index contributed by atoms with van der Waals surface area (Å²) >= 11 is 0. The third-order valence-electron chi connectivity index (χ3n) is 7.44. The van der Waals surface area contributed by atoms with Gasteiger partial charge in [0.05, 0.1) is 30.3 Å². The number of carbonyl (C=O) groups excluding carboxylic acids is 1. The molecule has 1 aromatic heterocycles. The lowest BCUT2D eigenvalue weighted by atomic mass is 9.73. The average molecular weight is 551 g/mol. The minimum atomic E-state index is -1.53. The molecule has 0 radical (unpaired) electrons. The van der Waals surface area contributed by atoms with E-state index in [2.05, 4.69) is 10.3 Å². The van der Waals surface area contributed by atoms with Gasteiger partial charge in [-0.2, -0.15) is 0 Å². The summed E-state index contributed by atoms with van der Waals surface area (Å²) in [4.78, 5) is 18.8. The molecule has 3 aromatic rings. The Morgan fingerprint density at radius 3 is 2.46 bits per heavy atom. The summed E-state index contributed by atoms with van der Waals surface area (Å²) in [5.74, 6) is -4.86. The van der Waals surface area contributed by atoms with Gasteiger partial charge >= 0.3 is 0 Å². The van der Waals surface area contributed by atoms with E-state index >= 15 is 0 Å². The number of nitrogens with zero attached hydrogens (tertiary/aromatic N) is 2. The number of nitrogens with one attached hydrogen (secondary N) is 2. The van der Waals surface area contributed by atoms with Crippen molar-refractivity contribution in [3.05, 3.63) is 65.4 Å². The third-order valence-corrected chi connectivity index (χ3v) is 7.44. The largest absolute Gasteiger partial charge is 0.497 e. The zero-order valence-electron chi connectivity index (χ0n) is 21.3. The quantitative estimate of drug-likeness (QED) is 0.129. The van der Waals surface area contributed by atoms with Crippen LogP contribution in [0.5, 0.6) is 5.75 Å². The minimum Gasteiger partial charge on any atom is -0.497 e. The number of likely N-dealkylation sites (tertiary alicyclic amines) is 1.